The molecule has 2 atom stereocenters. The number of piperazine rings is 1. The predicted octanol–water partition coefficient (Wildman–Crippen LogP) is -0.101. The van der Waals surface area contributed by atoms with Crippen molar-refractivity contribution in [3.63, 3.8) is 0 Å². The highest BCUT2D eigenvalue weighted by atomic mass is 16.4. The van der Waals surface area contributed by atoms with Gasteiger partial charge in [0.1, 0.15) is 0 Å². The highest BCUT2D eigenvalue weighted by molar-refractivity contribution is 5.85. The van der Waals surface area contributed by atoms with Crippen molar-refractivity contribution >= 4 is 11.9 Å². The van der Waals surface area contributed by atoms with Gasteiger partial charge >= 0.3 is 5.97 Å². The van der Waals surface area contributed by atoms with E-state index in [4.69, 9.17) is 5.11 Å². The number of carboxylic acid groups (broad SMARTS) is 1. The summed E-state index contributed by atoms with van der Waals surface area (Å²) in [4.78, 5) is 25.5. The van der Waals surface area contributed by atoms with Crippen LogP contribution in [0.3, 0.4) is 0 Å². The SMILES string of the molecule is O=C(O)[C@H]1CCC[C@H]1C(=O)NCCCN1CCNCC1. The van der Waals surface area contributed by atoms with Gasteiger partial charge < -0.3 is 20.6 Å². The fraction of sp³-hybridized carbons (Fsp3) is 0.857. The molecule has 1 aliphatic heterocycles. The minimum Gasteiger partial charge on any atom is -0.481 e. The first kappa shape index (κ1) is 15.3. The zero-order valence-electron chi connectivity index (χ0n) is 11.9. The number of nitrogens with zero attached hydrogens (tertiary/aromatic N) is 1. The van der Waals surface area contributed by atoms with Gasteiger partial charge in [-0.2, -0.15) is 0 Å². The Kier molecular flexibility index (Phi) is 5.79. The van der Waals surface area contributed by atoms with E-state index >= 15 is 0 Å². The van der Waals surface area contributed by atoms with Crippen molar-refractivity contribution in [2.24, 2.45) is 11.8 Å². The highest BCUT2D eigenvalue weighted by Crippen LogP contribution is 2.31. The van der Waals surface area contributed by atoms with E-state index in [9.17, 15) is 9.59 Å². The Hall–Kier alpha value is -1.14. The molecule has 1 aliphatic carbocycles. The van der Waals surface area contributed by atoms with Gasteiger partial charge in [0.05, 0.1) is 11.8 Å². The van der Waals surface area contributed by atoms with Gasteiger partial charge in [0, 0.05) is 32.7 Å². The van der Waals surface area contributed by atoms with Crippen LogP contribution in [0, 0.1) is 11.8 Å². The average Bonchev–Trinajstić information content (AvgIpc) is 2.94. The number of carbonyl (C=O) groups is 2. The van der Waals surface area contributed by atoms with Crippen LogP contribution in [0.4, 0.5) is 0 Å². The summed E-state index contributed by atoms with van der Waals surface area (Å²) in [6, 6.07) is 0. The summed E-state index contributed by atoms with van der Waals surface area (Å²) in [6.45, 7) is 5.85. The van der Waals surface area contributed by atoms with Gasteiger partial charge in [0.2, 0.25) is 5.91 Å². The first-order chi connectivity index (χ1) is 9.68. The lowest BCUT2D eigenvalue weighted by Crippen LogP contribution is -2.44. The Morgan fingerprint density at radius 2 is 1.90 bits per heavy atom. The van der Waals surface area contributed by atoms with Crippen LogP contribution in [0.1, 0.15) is 25.7 Å². The van der Waals surface area contributed by atoms with Gasteiger partial charge in [-0.1, -0.05) is 6.42 Å². The number of rotatable bonds is 6. The van der Waals surface area contributed by atoms with Crippen molar-refractivity contribution < 1.29 is 14.7 Å². The summed E-state index contributed by atoms with van der Waals surface area (Å²) in [7, 11) is 0. The largest absolute Gasteiger partial charge is 0.481 e. The zero-order valence-corrected chi connectivity index (χ0v) is 11.9. The summed E-state index contributed by atoms with van der Waals surface area (Å²) in [6.07, 6.45) is 3.11. The van der Waals surface area contributed by atoms with E-state index in [0.29, 0.717) is 19.4 Å². The lowest BCUT2D eigenvalue weighted by atomic mass is 9.95. The van der Waals surface area contributed by atoms with Crippen LogP contribution in [-0.2, 0) is 9.59 Å². The average molecular weight is 283 g/mol. The van der Waals surface area contributed by atoms with Crippen LogP contribution in [0.15, 0.2) is 0 Å². The van der Waals surface area contributed by atoms with Gasteiger partial charge in [-0.05, 0) is 25.8 Å². The summed E-state index contributed by atoms with van der Waals surface area (Å²) >= 11 is 0. The molecule has 114 valence electrons. The summed E-state index contributed by atoms with van der Waals surface area (Å²) in [5.41, 5.74) is 0. The minimum atomic E-state index is -0.830. The Morgan fingerprint density at radius 3 is 2.60 bits per heavy atom. The Morgan fingerprint density at radius 1 is 1.20 bits per heavy atom. The molecule has 0 aromatic heterocycles. The second kappa shape index (κ2) is 7.59. The van der Waals surface area contributed by atoms with E-state index < -0.39 is 11.9 Å². The maximum absolute atomic E-state index is 12.0. The molecular weight excluding hydrogens is 258 g/mol. The van der Waals surface area contributed by atoms with Crippen LogP contribution < -0.4 is 10.6 Å². The van der Waals surface area contributed by atoms with Crippen LogP contribution in [-0.4, -0.2) is 61.2 Å². The fourth-order valence-electron chi connectivity index (χ4n) is 3.15. The number of carbonyl (C=O) groups excluding carboxylic acids is 1. The molecule has 0 unspecified atom stereocenters. The maximum Gasteiger partial charge on any atom is 0.307 e. The summed E-state index contributed by atoms with van der Waals surface area (Å²) in [5, 5.41) is 15.3. The molecule has 6 nitrogen and oxygen atoms in total. The second-order valence-electron chi connectivity index (χ2n) is 5.72. The lowest BCUT2D eigenvalue weighted by molar-refractivity contribution is -0.146. The molecule has 6 heteroatoms. The number of carboxylic acids is 1. The molecule has 0 radical (unpaired) electrons. The number of aliphatic carboxylic acids is 1. The molecule has 1 saturated heterocycles. The van der Waals surface area contributed by atoms with Gasteiger partial charge in [-0.3, -0.25) is 9.59 Å². The molecule has 0 aromatic rings. The van der Waals surface area contributed by atoms with Crippen molar-refractivity contribution in [3.8, 4) is 0 Å². The third-order valence-corrected chi connectivity index (χ3v) is 4.33. The van der Waals surface area contributed by atoms with Gasteiger partial charge in [0.15, 0.2) is 0 Å². The quantitative estimate of drug-likeness (QED) is 0.593. The number of hydrogen-bond acceptors (Lipinski definition) is 4. The molecule has 3 N–H and O–H groups in total. The topological polar surface area (TPSA) is 81.7 Å². The molecule has 1 heterocycles. The Balaban J connectivity index is 1.63. The third-order valence-electron chi connectivity index (χ3n) is 4.33. The van der Waals surface area contributed by atoms with Crippen molar-refractivity contribution in [1.29, 1.82) is 0 Å². The highest BCUT2D eigenvalue weighted by Gasteiger charge is 2.37. The van der Waals surface area contributed by atoms with E-state index in [-0.39, 0.29) is 11.8 Å². The predicted molar refractivity (Wildman–Crippen MR) is 75.4 cm³/mol. The van der Waals surface area contributed by atoms with Gasteiger partial charge in [-0.15, -0.1) is 0 Å². The van der Waals surface area contributed by atoms with Crippen LogP contribution >= 0.6 is 0 Å². The van der Waals surface area contributed by atoms with Crippen molar-refractivity contribution in [2.75, 3.05) is 39.3 Å². The van der Waals surface area contributed by atoms with E-state index in [1.807, 2.05) is 0 Å². The molecule has 2 rings (SSSR count). The summed E-state index contributed by atoms with van der Waals surface area (Å²) < 4.78 is 0. The molecular formula is C14H25N3O3. The van der Waals surface area contributed by atoms with Gasteiger partial charge in [0.25, 0.3) is 0 Å². The van der Waals surface area contributed by atoms with Crippen LogP contribution in [0.2, 0.25) is 0 Å². The molecule has 2 fully saturated rings. The molecule has 1 amide bonds. The summed E-state index contributed by atoms with van der Waals surface area (Å²) in [5.74, 6) is -1.71. The fourth-order valence-corrected chi connectivity index (χ4v) is 3.15. The standard InChI is InChI=1S/C14H25N3O3/c18-13(11-3-1-4-12(11)14(19)20)16-5-2-8-17-9-6-15-7-10-17/h11-12,15H,1-10H2,(H,16,18)(H,19,20)/t11-,12+/m1/s1. The Labute approximate surface area is 119 Å². The van der Waals surface area contributed by atoms with Crippen LogP contribution in [0.25, 0.3) is 0 Å². The second-order valence-corrected chi connectivity index (χ2v) is 5.72. The zero-order chi connectivity index (χ0) is 14.4. The van der Waals surface area contributed by atoms with Crippen molar-refractivity contribution in [1.82, 2.24) is 15.5 Å². The van der Waals surface area contributed by atoms with Crippen molar-refractivity contribution in [3.05, 3.63) is 0 Å². The first-order valence-electron chi connectivity index (χ1n) is 7.62. The molecule has 1 saturated carbocycles. The molecule has 2 aliphatic rings. The monoisotopic (exact) mass is 283 g/mol. The molecule has 0 aromatic carbocycles. The minimum absolute atomic E-state index is 0.0739. The number of hydrogen-bond donors (Lipinski definition) is 3. The molecule has 0 spiro atoms. The lowest BCUT2D eigenvalue weighted by Gasteiger charge is -2.27. The first-order valence-corrected chi connectivity index (χ1v) is 7.62. The smallest absolute Gasteiger partial charge is 0.307 e. The normalized spacial score (nSPS) is 27.4. The van der Waals surface area contributed by atoms with Crippen LogP contribution in [0.5, 0.6) is 0 Å². The Bertz CT molecular complexity index is 343. The van der Waals surface area contributed by atoms with E-state index in [1.54, 1.807) is 0 Å². The number of nitrogens with one attached hydrogen (secondary N) is 2. The van der Waals surface area contributed by atoms with E-state index in [2.05, 4.69) is 15.5 Å². The van der Waals surface area contributed by atoms with Gasteiger partial charge in [-0.25, -0.2) is 0 Å². The molecule has 20 heavy (non-hydrogen) atoms. The maximum atomic E-state index is 12.0. The van der Waals surface area contributed by atoms with E-state index in [1.165, 1.54) is 0 Å². The number of amides is 1. The third kappa shape index (κ3) is 4.18. The van der Waals surface area contributed by atoms with E-state index in [0.717, 1.165) is 45.6 Å². The molecule has 0 bridgehead atoms. The van der Waals surface area contributed by atoms with Crippen molar-refractivity contribution in [2.45, 2.75) is 25.7 Å².